The zero-order valence-electron chi connectivity index (χ0n) is 17.3. The number of carbonyl (C=O) groups is 1. The van der Waals surface area contributed by atoms with Crippen LogP contribution in [0.25, 0.3) is 10.4 Å². The van der Waals surface area contributed by atoms with E-state index in [9.17, 15) is 34.7 Å². The van der Waals surface area contributed by atoms with Crippen molar-refractivity contribution in [3.63, 3.8) is 0 Å². The first-order valence-electron chi connectivity index (χ1n) is 10.00. The Bertz CT molecular complexity index is 655. The lowest BCUT2D eigenvalue weighted by Gasteiger charge is -2.47. The predicted octanol–water partition coefficient (Wildman–Crippen LogP) is -2.55. The van der Waals surface area contributed by atoms with Gasteiger partial charge in [0.05, 0.1) is 6.61 Å². The van der Waals surface area contributed by atoms with Gasteiger partial charge < -0.3 is 49.8 Å². The molecule has 184 valence electrons. The summed E-state index contributed by atoms with van der Waals surface area (Å²) in [6, 6.07) is -1.17. The summed E-state index contributed by atoms with van der Waals surface area (Å²) in [7, 11) is 0. The molecule has 32 heavy (non-hydrogen) atoms. The molecule has 0 unspecified atom stereocenters. The monoisotopic (exact) mass is 468 g/mol. The number of azide groups is 1. The van der Waals surface area contributed by atoms with Crippen molar-refractivity contribution in [3.8, 4) is 0 Å². The number of hydrogen-bond acceptors (Lipinski definition) is 11. The van der Waals surface area contributed by atoms with Crippen molar-refractivity contribution in [2.45, 2.75) is 74.7 Å². The van der Waals surface area contributed by atoms with E-state index >= 15 is 0 Å². The van der Waals surface area contributed by atoms with Gasteiger partial charge in [-0.3, -0.25) is 4.79 Å². The first-order chi connectivity index (χ1) is 15.2. The minimum Gasteiger partial charge on any atom is -0.394 e. The van der Waals surface area contributed by atoms with E-state index in [-0.39, 0.29) is 13.2 Å². The maximum Gasteiger partial charge on any atom is 0.217 e. The van der Waals surface area contributed by atoms with E-state index in [4.69, 9.17) is 24.5 Å². The minimum absolute atomic E-state index is 0.0259. The van der Waals surface area contributed by atoms with Crippen LogP contribution in [0.4, 0.5) is 4.39 Å². The van der Waals surface area contributed by atoms with Crippen molar-refractivity contribution in [3.05, 3.63) is 10.4 Å². The number of ether oxygens (including phenoxy) is 4. The molecule has 2 rings (SSSR count). The van der Waals surface area contributed by atoms with Crippen molar-refractivity contribution < 1.29 is 53.7 Å². The molecule has 0 aromatic heterocycles. The van der Waals surface area contributed by atoms with Crippen molar-refractivity contribution in [2.24, 2.45) is 5.11 Å². The highest BCUT2D eigenvalue weighted by atomic mass is 19.1. The highest BCUT2D eigenvalue weighted by molar-refractivity contribution is 5.73. The van der Waals surface area contributed by atoms with Crippen LogP contribution in [0.1, 0.15) is 13.3 Å². The van der Waals surface area contributed by atoms with Gasteiger partial charge in [-0.25, -0.2) is 4.39 Å². The normalized spacial score (nSPS) is 39.8. The van der Waals surface area contributed by atoms with Crippen LogP contribution >= 0.6 is 0 Å². The summed E-state index contributed by atoms with van der Waals surface area (Å²) in [5.41, 5.74) is 8.32. The van der Waals surface area contributed by atoms with Crippen molar-refractivity contribution in [1.82, 2.24) is 5.32 Å². The van der Waals surface area contributed by atoms with E-state index in [0.29, 0.717) is 6.42 Å². The molecule has 2 aliphatic heterocycles. The van der Waals surface area contributed by atoms with Crippen LogP contribution in [0.15, 0.2) is 5.11 Å². The number of aliphatic hydroxyl groups excluding tert-OH is 5. The average Bonchev–Trinajstić information content (AvgIpc) is 2.76. The van der Waals surface area contributed by atoms with Gasteiger partial charge in [-0.1, -0.05) is 5.11 Å². The number of amides is 1. The first-order valence-corrected chi connectivity index (χ1v) is 10.00. The molecular formula is C17H29FN4O10. The van der Waals surface area contributed by atoms with Gasteiger partial charge in [-0.15, -0.1) is 0 Å². The molecule has 2 fully saturated rings. The Labute approximate surface area is 182 Å². The van der Waals surface area contributed by atoms with Gasteiger partial charge >= 0.3 is 0 Å². The smallest absolute Gasteiger partial charge is 0.217 e. The molecule has 0 aliphatic carbocycles. The summed E-state index contributed by atoms with van der Waals surface area (Å²) in [5, 5.41) is 56.1. The second kappa shape index (κ2) is 12.6. The van der Waals surface area contributed by atoms with Crippen LogP contribution in [0.3, 0.4) is 0 Å². The molecule has 0 aromatic carbocycles. The molecule has 0 spiro atoms. The van der Waals surface area contributed by atoms with Crippen molar-refractivity contribution in [1.29, 1.82) is 0 Å². The SMILES string of the molecule is CC(=O)N[C@H]1[C@@H](OCCCN=[N+]=[N-])O[C@H](CO)[C@H](O)[C@@H]1O[C@@H]1O[C@H](CF)[C@H](O)[C@H](O)[C@H]1O. The molecular weight excluding hydrogens is 439 g/mol. The van der Waals surface area contributed by atoms with Crippen LogP contribution in [0.5, 0.6) is 0 Å². The van der Waals surface area contributed by atoms with Crippen LogP contribution < -0.4 is 5.32 Å². The molecule has 2 heterocycles. The van der Waals surface area contributed by atoms with E-state index in [0.717, 1.165) is 0 Å². The van der Waals surface area contributed by atoms with Gasteiger partial charge in [0, 0.05) is 25.0 Å². The van der Waals surface area contributed by atoms with Gasteiger partial charge in [-0.05, 0) is 12.0 Å². The van der Waals surface area contributed by atoms with E-state index in [2.05, 4.69) is 15.3 Å². The molecule has 1 amide bonds. The minimum atomic E-state index is -1.81. The Hall–Kier alpha value is -1.65. The number of carbonyl (C=O) groups excluding carboxylic acids is 1. The summed E-state index contributed by atoms with van der Waals surface area (Å²) in [6.45, 7) is -0.502. The third kappa shape index (κ3) is 6.45. The molecule has 15 heteroatoms. The highest BCUT2D eigenvalue weighted by Gasteiger charge is 2.51. The number of nitrogens with one attached hydrogen (secondary N) is 1. The number of hydrogen-bond donors (Lipinski definition) is 6. The van der Waals surface area contributed by atoms with Crippen molar-refractivity contribution in [2.75, 3.05) is 26.4 Å². The molecule has 2 aliphatic rings. The summed E-state index contributed by atoms with van der Waals surface area (Å²) in [6.07, 6.45) is -13.6. The topological polar surface area (TPSA) is 216 Å². The molecule has 0 saturated carbocycles. The van der Waals surface area contributed by atoms with Crippen molar-refractivity contribution >= 4 is 5.91 Å². The van der Waals surface area contributed by atoms with Crippen LogP contribution in [-0.4, -0.2) is 119 Å². The summed E-state index contributed by atoms with van der Waals surface area (Å²) >= 11 is 0. The largest absolute Gasteiger partial charge is 0.394 e. The molecule has 0 radical (unpaired) electrons. The number of rotatable bonds is 10. The van der Waals surface area contributed by atoms with E-state index in [1.54, 1.807) is 0 Å². The zero-order chi connectivity index (χ0) is 23.8. The number of nitrogens with zero attached hydrogens (tertiary/aromatic N) is 3. The third-order valence-corrected chi connectivity index (χ3v) is 5.08. The third-order valence-electron chi connectivity index (χ3n) is 5.08. The molecule has 2 saturated heterocycles. The zero-order valence-corrected chi connectivity index (χ0v) is 17.3. The van der Waals surface area contributed by atoms with Gasteiger partial charge in [0.25, 0.3) is 0 Å². The van der Waals surface area contributed by atoms with Gasteiger partial charge in [-0.2, -0.15) is 0 Å². The van der Waals surface area contributed by atoms with Gasteiger partial charge in [0.1, 0.15) is 55.4 Å². The molecule has 0 bridgehead atoms. The van der Waals surface area contributed by atoms with Crippen LogP contribution in [0.2, 0.25) is 0 Å². The van der Waals surface area contributed by atoms with E-state index in [1.165, 1.54) is 6.92 Å². The number of alkyl halides is 1. The Balaban J connectivity index is 2.22. The number of halogens is 1. The highest BCUT2D eigenvalue weighted by Crippen LogP contribution is 2.30. The van der Waals surface area contributed by atoms with Crippen LogP contribution in [-0.2, 0) is 23.7 Å². The fourth-order valence-electron chi connectivity index (χ4n) is 3.45. The van der Waals surface area contributed by atoms with E-state index in [1.807, 2.05) is 0 Å². The maximum absolute atomic E-state index is 13.2. The summed E-state index contributed by atoms with van der Waals surface area (Å²) in [4.78, 5) is 14.4. The standard InChI is InChI=1S/C17H29FN4O10/c1-7(24)21-10-15(32-17-14(28)13(27)11(25)8(5-18)30-17)12(26)9(6-23)31-16(10)29-4-2-3-20-22-19/h8-17,23,25-28H,2-6H2,1H3,(H,21,24)/t8-,9-,10-,11+,12+,13+,14-,15-,16+,17+/m1/s1. The second-order valence-corrected chi connectivity index (χ2v) is 7.39. The average molecular weight is 468 g/mol. The predicted molar refractivity (Wildman–Crippen MR) is 101 cm³/mol. The maximum atomic E-state index is 13.2. The molecule has 14 nitrogen and oxygen atoms in total. The first kappa shape index (κ1) is 26.6. The lowest BCUT2D eigenvalue weighted by atomic mass is 9.95. The van der Waals surface area contributed by atoms with Gasteiger partial charge in [0.2, 0.25) is 5.91 Å². The van der Waals surface area contributed by atoms with Crippen LogP contribution in [0, 0.1) is 0 Å². The molecule has 6 N–H and O–H groups in total. The Kier molecular flexibility index (Phi) is 10.4. The second-order valence-electron chi connectivity index (χ2n) is 7.39. The summed E-state index contributed by atoms with van der Waals surface area (Å²) in [5.74, 6) is -0.549. The summed E-state index contributed by atoms with van der Waals surface area (Å²) < 4.78 is 35.1. The lowest BCUT2D eigenvalue weighted by Crippen LogP contribution is -2.68. The Morgan fingerprint density at radius 2 is 1.81 bits per heavy atom. The van der Waals surface area contributed by atoms with E-state index < -0.39 is 80.5 Å². The lowest BCUT2D eigenvalue weighted by molar-refractivity contribution is -0.343. The quantitative estimate of drug-likeness (QED) is 0.0853. The van der Waals surface area contributed by atoms with Gasteiger partial charge in [0.15, 0.2) is 12.6 Å². The fraction of sp³-hybridized carbons (Fsp3) is 0.941. The molecule has 0 aromatic rings. The Morgan fingerprint density at radius 3 is 2.41 bits per heavy atom. The molecule has 10 atom stereocenters. The number of aliphatic hydroxyl groups is 5. The fourth-order valence-corrected chi connectivity index (χ4v) is 3.45. The Morgan fingerprint density at radius 1 is 1.12 bits per heavy atom.